The van der Waals surface area contributed by atoms with E-state index < -0.39 is 12.1 Å². The van der Waals surface area contributed by atoms with E-state index in [2.05, 4.69) is 43.5 Å². The van der Waals surface area contributed by atoms with Gasteiger partial charge in [0.1, 0.15) is 6.04 Å². The normalized spacial score (nSPS) is 18.4. The van der Waals surface area contributed by atoms with Crippen LogP contribution in [-0.4, -0.2) is 115 Å². The van der Waals surface area contributed by atoms with Crippen LogP contribution in [0.3, 0.4) is 0 Å². The van der Waals surface area contributed by atoms with Crippen LogP contribution in [0.5, 0.6) is 0 Å². The number of likely N-dealkylation sites (N-methyl/N-ethyl adjacent to an activating group) is 2. The van der Waals surface area contributed by atoms with Crippen molar-refractivity contribution in [2.24, 2.45) is 17.8 Å². The SMILES string of the molecule is CCSC(Cc1ccccc1)NC(=O)CCC1CCCN1C(=O)CC(OC)C(C(C)CC)N(C)C(=O)C(NC(=O)C(C(C)C)N(C)C)C(C)C. The molecule has 0 aliphatic carbocycles. The van der Waals surface area contributed by atoms with Gasteiger partial charge in [-0.05, 0) is 62.4 Å². The number of rotatable bonds is 21. The summed E-state index contributed by atoms with van der Waals surface area (Å²) in [7, 11) is 7.11. The second kappa shape index (κ2) is 21.7. The third kappa shape index (κ3) is 12.9. The van der Waals surface area contributed by atoms with Gasteiger partial charge < -0.3 is 25.2 Å². The number of ether oxygens (including phenoxy) is 1. The molecule has 0 radical (unpaired) electrons. The molecular weight excluding hydrogens is 651 g/mol. The number of carbonyl (C=O) groups excluding carboxylic acids is 4. The molecule has 0 saturated carbocycles. The highest BCUT2D eigenvalue weighted by Gasteiger charge is 2.40. The predicted molar refractivity (Wildman–Crippen MR) is 205 cm³/mol. The summed E-state index contributed by atoms with van der Waals surface area (Å²) < 4.78 is 6.01. The maximum atomic E-state index is 14.1. The Bertz CT molecular complexity index is 1190. The van der Waals surface area contributed by atoms with E-state index in [1.165, 1.54) is 5.56 Å². The zero-order valence-corrected chi connectivity index (χ0v) is 33.6. The van der Waals surface area contributed by atoms with Crippen molar-refractivity contribution >= 4 is 35.4 Å². The molecule has 284 valence electrons. The number of methoxy groups -OCH3 is 1. The molecule has 1 aromatic rings. The van der Waals surface area contributed by atoms with Crippen LogP contribution in [0.2, 0.25) is 0 Å². The molecule has 10 nitrogen and oxygen atoms in total. The first-order chi connectivity index (χ1) is 23.7. The quantitative estimate of drug-likeness (QED) is 0.168. The smallest absolute Gasteiger partial charge is 0.245 e. The molecule has 1 aliphatic rings. The maximum Gasteiger partial charge on any atom is 0.245 e. The summed E-state index contributed by atoms with van der Waals surface area (Å²) in [4.78, 5) is 60.0. The summed E-state index contributed by atoms with van der Waals surface area (Å²) in [5.74, 6) is 0.512. The number of hydrogen-bond donors (Lipinski definition) is 2. The van der Waals surface area contributed by atoms with E-state index in [9.17, 15) is 19.2 Å². The Morgan fingerprint density at radius 2 is 1.64 bits per heavy atom. The molecule has 50 heavy (non-hydrogen) atoms. The largest absolute Gasteiger partial charge is 0.379 e. The van der Waals surface area contributed by atoms with Gasteiger partial charge in [-0.25, -0.2) is 0 Å². The van der Waals surface area contributed by atoms with Crippen LogP contribution in [0, 0.1) is 17.8 Å². The van der Waals surface area contributed by atoms with E-state index in [0.717, 1.165) is 31.4 Å². The third-order valence-electron chi connectivity index (χ3n) is 10.1. The van der Waals surface area contributed by atoms with E-state index in [1.54, 1.807) is 30.8 Å². The van der Waals surface area contributed by atoms with Gasteiger partial charge in [0, 0.05) is 39.6 Å². The van der Waals surface area contributed by atoms with Gasteiger partial charge in [0.05, 0.1) is 30.0 Å². The van der Waals surface area contributed by atoms with Crippen LogP contribution in [-0.2, 0) is 30.3 Å². The molecule has 1 aromatic carbocycles. The number of nitrogens with zero attached hydrogens (tertiary/aromatic N) is 3. The standard InChI is InChI=1S/C39H67N5O5S/c1-12-28(7)37(43(10)39(48)35(26(3)4)41-38(47)36(27(5)6)42(8)9)31(49-11)25-34(46)44-23-17-20-30(44)21-22-32(45)40-33(50-13-2)24-29-18-15-14-16-19-29/h14-16,18-19,26-28,30-31,33,35-37H,12-13,17,20-25H2,1-11H3,(H,40,45)(H,41,47). The maximum absolute atomic E-state index is 14.1. The van der Waals surface area contributed by atoms with E-state index in [4.69, 9.17) is 4.74 Å². The van der Waals surface area contributed by atoms with Crippen molar-refractivity contribution in [2.75, 3.05) is 40.6 Å². The van der Waals surface area contributed by atoms with Crippen molar-refractivity contribution in [3.63, 3.8) is 0 Å². The molecule has 11 heteroatoms. The molecule has 1 saturated heterocycles. The number of hydrogen-bond acceptors (Lipinski definition) is 7. The summed E-state index contributed by atoms with van der Waals surface area (Å²) in [6, 6.07) is 8.72. The first-order valence-electron chi connectivity index (χ1n) is 18.7. The van der Waals surface area contributed by atoms with Gasteiger partial charge in [-0.3, -0.25) is 24.1 Å². The lowest BCUT2D eigenvalue weighted by Crippen LogP contribution is -2.59. The number of benzene rings is 1. The van der Waals surface area contributed by atoms with Crippen molar-refractivity contribution in [3.05, 3.63) is 35.9 Å². The first-order valence-corrected chi connectivity index (χ1v) is 19.7. The second-order valence-electron chi connectivity index (χ2n) is 14.8. The number of amides is 4. The number of thioether (sulfide) groups is 1. The van der Waals surface area contributed by atoms with Gasteiger partial charge in [0.2, 0.25) is 23.6 Å². The molecule has 2 rings (SSSR count). The first kappa shape index (κ1) is 43.5. The fourth-order valence-corrected chi connectivity index (χ4v) is 8.25. The van der Waals surface area contributed by atoms with Crippen LogP contribution in [0.1, 0.15) is 92.6 Å². The van der Waals surface area contributed by atoms with Gasteiger partial charge in [0.15, 0.2) is 0 Å². The van der Waals surface area contributed by atoms with Crippen LogP contribution < -0.4 is 10.6 Å². The molecule has 1 heterocycles. The fraction of sp³-hybridized carbons (Fsp3) is 0.744. The summed E-state index contributed by atoms with van der Waals surface area (Å²) in [6.45, 7) is 14.8. The Balaban J connectivity index is 2.12. The average Bonchev–Trinajstić information content (AvgIpc) is 3.54. The molecule has 0 bridgehead atoms. The van der Waals surface area contributed by atoms with E-state index >= 15 is 0 Å². The van der Waals surface area contributed by atoms with Crippen molar-refractivity contribution in [3.8, 4) is 0 Å². The lowest BCUT2D eigenvalue weighted by atomic mass is 9.89. The Morgan fingerprint density at radius 3 is 2.18 bits per heavy atom. The predicted octanol–water partition coefficient (Wildman–Crippen LogP) is 5.20. The lowest BCUT2D eigenvalue weighted by Gasteiger charge is -2.40. The van der Waals surface area contributed by atoms with Gasteiger partial charge in [-0.2, -0.15) is 0 Å². The Labute approximate surface area is 307 Å². The van der Waals surface area contributed by atoms with Gasteiger partial charge in [-0.15, -0.1) is 11.8 Å². The Kier molecular flexibility index (Phi) is 18.9. The molecule has 7 atom stereocenters. The molecule has 4 amide bonds. The lowest BCUT2D eigenvalue weighted by molar-refractivity contribution is -0.146. The van der Waals surface area contributed by atoms with Crippen LogP contribution in [0.4, 0.5) is 0 Å². The van der Waals surface area contributed by atoms with Gasteiger partial charge in [0.25, 0.3) is 0 Å². The van der Waals surface area contributed by atoms with E-state index in [1.807, 2.05) is 69.8 Å². The zero-order valence-electron chi connectivity index (χ0n) is 32.7. The molecule has 2 N–H and O–H groups in total. The Hall–Kier alpha value is -2.63. The van der Waals surface area contributed by atoms with Crippen LogP contribution in [0.25, 0.3) is 0 Å². The Morgan fingerprint density at radius 1 is 0.980 bits per heavy atom. The van der Waals surface area contributed by atoms with Crippen molar-refractivity contribution < 1.29 is 23.9 Å². The number of carbonyl (C=O) groups is 4. The molecular formula is C39H67N5O5S. The van der Waals surface area contributed by atoms with Crippen molar-refractivity contribution in [1.29, 1.82) is 0 Å². The summed E-state index contributed by atoms with van der Waals surface area (Å²) in [5.41, 5.74) is 1.19. The minimum atomic E-state index is -0.717. The second-order valence-corrected chi connectivity index (χ2v) is 16.3. The minimum Gasteiger partial charge on any atom is -0.379 e. The number of likely N-dealkylation sites (tertiary alicyclic amines) is 1. The highest BCUT2D eigenvalue weighted by molar-refractivity contribution is 7.99. The topological polar surface area (TPSA) is 111 Å². The molecule has 0 spiro atoms. The minimum absolute atomic E-state index is 0.00379. The average molecular weight is 718 g/mol. The highest BCUT2D eigenvalue weighted by atomic mass is 32.2. The summed E-state index contributed by atoms with van der Waals surface area (Å²) in [6.07, 6.45) is 3.88. The van der Waals surface area contributed by atoms with Gasteiger partial charge in [-0.1, -0.05) is 85.2 Å². The van der Waals surface area contributed by atoms with Crippen LogP contribution in [0.15, 0.2) is 30.3 Å². The van der Waals surface area contributed by atoms with Crippen LogP contribution >= 0.6 is 11.8 Å². The summed E-state index contributed by atoms with van der Waals surface area (Å²) in [5, 5.41) is 6.27. The molecule has 7 unspecified atom stereocenters. The van der Waals surface area contributed by atoms with Crippen molar-refractivity contribution in [1.82, 2.24) is 25.3 Å². The number of nitrogens with one attached hydrogen (secondary N) is 2. The van der Waals surface area contributed by atoms with Crippen molar-refractivity contribution in [2.45, 2.75) is 129 Å². The summed E-state index contributed by atoms with van der Waals surface area (Å²) >= 11 is 1.73. The van der Waals surface area contributed by atoms with Gasteiger partial charge >= 0.3 is 0 Å². The molecule has 1 fully saturated rings. The third-order valence-corrected chi connectivity index (χ3v) is 11.1. The highest BCUT2D eigenvalue weighted by Crippen LogP contribution is 2.27. The molecule has 0 aromatic heterocycles. The molecule has 1 aliphatic heterocycles. The zero-order chi connectivity index (χ0) is 37.5. The monoisotopic (exact) mass is 717 g/mol. The fourth-order valence-electron chi connectivity index (χ4n) is 7.32. The van der Waals surface area contributed by atoms with E-state index in [-0.39, 0.29) is 71.3 Å². The van der Waals surface area contributed by atoms with E-state index in [0.29, 0.717) is 19.4 Å².